The third kappa shape index (κ3) is 5.74. The molecule has 0 spiro atoms. The third-order valence-electron chi connectivity index (χ3n) is 7.55. The maximum atomic E-state index is 13.9. The predicted molar refractivity (Wildman–Crippen MR) is 148 cm³/mol. The predicted octanol–water partition coefficient (Wildman–Crippen LogP) is 3.30. The fourth-order valence-corrected chi connectivity index (χ4v) is 5.50. The Hall–Kier alpha value is -3.68. The van der Waals surface area contributed by atoms with Crippen LogP contribution >= 0.6 is 0 Å². The molecule has 3 aromatic carbocycles. The summed E-state index contributed by atoms with van der Waals surface area (Å²) in [7, 11) is 3.61. The number of piperidine rings is 1. The van der Waals surface area contributed by atoms with Crippen molar-refractivity contribution in [2.45, 2.75) is 30.3 Å². The summed E-state index contributed by atoms with van der Waals surface area (Å²) in [5, 5.41) is 11.6. The lowest BCUT2D eigenvalue weighted by Crippen LogP contribution is -2.49. The van der Waals surface area contributed by atoms with Crippen LogP contribution in [-0.2, 0) is 20.6 Å². The van der Waals surface area contributed by atoms with E-state index in [2.05, 4.69) is 4.90 Å². The number of aliphatic hydroxyl groups is 1. The number of hydrogen-bond acceptors (Lipinski definition) is 5. The molecule has 7 heteroatoms. The first-order valence-electron chi connectivity index (χ1n) is 13.0. The van der Waals surface area contributed by atoms with Crippen molar-refractivity contribution in [3.63, 3.8) is 0 Å². The highest BCUT2D eigenvalue weighted by molar-refractivity contribution is 5.92. The first kappa shape index (κ1) is 27.4. The van der Waals surface area contributed by atoms with Crippen molar-refractivity contribution < 1.29 is 19.4 Å². The summed E-state index contributed by atoms with van der Waals surface area (Å²) in [6.07, 6.45) is 1.62. The van der Waals surface area contributed by atoms with Gasteiger partial charge in [0.1, 0.15) is 11.2 Å². The van der Waals surface area contributed by atoms with E-state index in [1.54, 1.807) is 11.0 Å². The first-order valence-corrected chi connectivity index (χ1v) is 13.0. The molecule has 3 aromatic rings. The number of carbonyl (C=O) groups excluding carboxylic acids is 2. The lowest BCUT2D eigenvalue weighted by atomic mass is 9.70. The molecule has 38 heavy (non-hydrogen) atoms. The maximum absolute atomic E-state index is 13.9. The molecule has 1 saturated heterocycles. The highest BCUT2D eigenvalue weighted by Gasteiger charge is 2.44. The number of carbonyl (C=O) groups is 2. The zero-order chi connectivity index (χ0) is 27.2. The number of likely N-dealkylation sites (tertiary alicyclic amines) is 1. The van der Waals surface area contributed by atoms with Gasteiger partial charge in [0, 0.05) is 32.7 Å². The quantitative estimate of drug-likeness (QED) is 0.432. The SMILES string of the molecule is CN(C)C(=O)C(CCN1CCC(O)(c2ccccc2OCC(N)=O)CC1)(c1ccccc1)c1ccccc1. The maximum Gasteiger partial charge on any atom is 0.255 e. The largest absolute Gasteiger partial charge is 0.483 e. The minimum Gasteiger partial charge on any atom is -0.483 e. The minimum atomic E-state index is -1.07. The summed E-state index contributed by atoms with van der Waals surface area (Å²) >= 11 is 0. The van der Waals surface area contributed by atoms with Crippen LogP contribution in [0.3, 0.4) is 0 Å². The number of likely N-dealkylation sites (N-methyl/N-ethyl adjacent to an activating group) is 1. The molecule has 1 fully saturated rings. The summed E-state index contributed by atoms with van der Waals surface area (Å²) in [6, 6.07) is 27.3. The van der Waals surface area contributed by atoms with Crippen molar-refractivity contribution in [1.82, 2.24) is 9.80 Å². The van der Waals surface area contributed by atoms with E-state index in [1.165, 1.54) is 0 Å². The standard InChI is InChI=1S/C31H37N3O4/c1-33(2)29(36)31(24-11-5-3-6-12-24,25-13-7-4-8-14-25)19-22-34-20-17-30(37,18-21-34)26-15-9-10-16-27(26)38-23-28(32)35/h3-16,37H,17-23H2,1-2H3,(H2,32,35). The number of benzene rings is 3. The van der Waals surface area contributed by atoms with Gasteiger partial charge in [0.2, 0.25) is 5.91 Å². The average molecular weight is 516 g/mol. The monoisotopic (exact) mass is 515 g/mol. The van der Waals surface area contributed by atoms with Gasteiger partial charge < -0.3 is 25.4 Å². The molecular formula is C31H37N3O4. The first-order chi connectivity index (χ1) is 18.3. The molecule has 2 amide bonds. The smallest absolute Gasteiger partial charge is 0.255 e. The van der Waals surface area contributed by atoms with E-state index in [0.717, 1.165) is 11.1 Å². The molecule has 0 aliphatic carbocycles. The Morgan fingerprint density at radius 1 is 0.921 bits per heavy atom. The third-order valence-corrected chi connectivity index (χ3v) is 7.55. The topological polar surface area (TPSA) is 96.1 Å². The molecule has 1 aliphatic heterocycles. The molecule has 3 N–H and O–H groups in total. The van der Waals surface area contributed by atoms with Crippen molar-refractivity contribution in [1.29, 1.82) is 0 Å². The molecule has 7 nitrogen and oxygen atoms in total. The Balaban J connectivity index is 1.55. The van der Waals surface area contributed by atoms with E-state index in [-0.39, 0.29) is 12.5 Å². The summed E-state index contributed by atoms with van der Waals surface area (Å²) in [6.45, 7) is 1.78. The van der Waals surface area contributed by atoms with Gasteiger partial charge in [-0.1, -0.05) is 78.9 Å². The zero-order valence-corrected chi connectivity index (χ0v) is 22.2. The van der Waals surface area contributed by atoms with Gasteiger partial charge in [-0.25, -0.2) is 0 Å². The Morgan fingerprint density at radius 3 is 1.97 bits per heavy atom. The second-order valence-corrected chi connectivity index (χ2v) is 10.2. The van der Waals surface area contributed by atoms with Crippen LogP contribution in [0.25, 0.3) is 0 Å². The van der Waals surface area contributed by atoms with E-state index < -0.39 is 16.9 Å². The van der Waals surface area contributed by atoms with Crippen LogP contribution in [0.5, 0.6) is 5.75 Å². The molecule has 0 radical (unpaired) electrons. The molecule has 0 unspecified atom stereocenters. The second kappa shape index (κ2) is 11.8. The van der Waals surface area contributed by atoms with Crippen LogP contribution in [0.2, 0.25) is 0 Å². The van der Waals surface area contributed by atoms with Gasteiger partial charge in [-0.15, -0.1) is 0 Å². The Bertz CT molecular complexity index is 1180. The Morgan fingerprint density at radius 2 is 1.45 bits per heavy atom. The van der Waals surface area contributed by atoms with Gasteiger partial charge in [-0.3, -0.25) is 9.59 Å². The number of amides is 2. The number of nitrogens with two attached hydrogens (primary N) is 1. The number of primary amides is 1. The lowest BCUT2D eigenvalue weighted by Gasteiger charge is -2.41. The molecule has 4 rings (SSSR count). The van der Waals surface area contributed by atoms with Gasteiger partial charge in [0.25, 0.3) is 5.91 Å². The van der Waals surface area contributed by atoms with Crippen molar-refractivity contribution >= 4 is 11.8 Å². The van der Waals surface area contributed by atoms with Crippen LogP contribution in [0.1, 0.15) is 36.0 Å². The highest BCUT2D eigenvalue weighted by Crippen LogP contribution is 2.40. The second-order valence-electron chi connectivity index (χ2n) is 10.2. The fourth-order valence-electron chi connectivity index (χ4n) is 5.50. The number of para-hydroxylation sites is 1. The average Bonchev–Trinajstić information content (AvgIpc) is 2.94. The van der Waals surface area contributed by atoms with Gasteiger partial charge in [0.05, 0.1) is 5.60 Å². The van der Waals surface area contributed by atoms with Gasteiger partial charge >= 0.3 is 0 Å². The van der Waals surface area contributed by atoms with E-state index in [9.17, 15) is 14.7 Å². The van der Waals surface area contributed by atoms with Gasteiger partial charge in [-0.2, -0.15) is 0 Å². The van der Waals surface area contributed by atoms with Crippen molar-refractivity contribution in [3.05, 3.63) is 102 Å². The van der Waals surface area contributed by atoms with E-state index >= 15 is 0 Å². The van der Waals surface area contributed by atoms with Crippen LogP contribution in [0, 0.1) is 0 Å². The molecule has 1 heterocycles. The lowest BCUT2D eigenvalue weighted by molar-refractivity contribution is -0.134. The fraction of sp³-hybridized carbons (Fsp3) is 0.355. The minimum absolute atomic E-state index is 0.0453. The van der Waals surface area contributed by atoms with Crippen molar-refractivity contribution in [2.75, 3.05) is 40.3 Å². The van der Waals surface area contributed by atoms with E-state index in [4.69, 9.17) is 10.5 Å². The number of ether oxygens (including phenoxy) is 1. The summed E-state index contributed by atoms with van der Waals surface area (Å²) < 4.78 is 5.59. The number of nitrogens with zero attached hydrogens (tertiary/aromatic N) is 2. The normalized spacial score (nSPS) is 15.6. The number of rotatable bonds is 10. The molecule has 200 valence electrons. The molecule has 0 bridgehead atoms. The molecule has 0 aromatic heterocycles. The Labute approximate surface area is 224 Å². The number of hydrogen-bond donors (Lipinski definition) is 2. The molecule has 0 saturated carbocycles. The van der Waals surface area contributed by atoms with E-state index in [1.807, 2.05) is 93.0 Å². The highest BCUT2D eigenvalue weighted by atomic mass is 16.5. The van der Waals surface area contributed by atoms with Gasteiger partial charge in [0.15, 0.2) is 6.61 Å². The van der Waals surface area contributed by atoms with Crippen LogP contribution < -0.4 is 10.5 Å². The molecular weight excluding hydrogens is 478 g/mol. The van der Waals surface area contributed by atoms with Gasteiger partial charge in [-0.05, 0) is 43.0 Å². The molecule has 1 aliphatic rings. The van der Waals surface area contributed by atoms with Crippen LogP contribution in [0.15, 0.2) is 84.9 Å². The summed E-state index contributed by atoms with van der Waals surface area (Å²) in [5.74, 6) is -0.0378. The zero-order valence-electron chi connectivity index (χ0n) is 22.2. The summed E-state index contributed by atoms with van der Waals surface area (Å²) in [4.78, 5) is 29.1. The van der Waals surface area contributed by atoms with Crippen molar-refractivity contribution in [2.24, 2.45) is 5.73 Å². The summed E-state index contributed by atoms with van der Waals surface area (Å²) in [5.41, 5.74) is 5.97. The van der Waals surface area contributed by atoms with Crippen molar-refractivity contribution in [3.8, 4) is 5.75 Å². The Kier molecular flexibility index (Phi) is 8.49. The van der Waals surface area contributed by atoms with Crippen LogP contribution in [0.4, 0.5) is 0 Å². The molecule has 0 atom stereocenters. The van der Waals surface area contributed by atoms with E-state index in [0.29, 0.717) is 50.2 Å². The van der Waals surface area contributed by atoms with Crippen LogP contribution in [-0.4, -0.2) is 67.1 Å².